The summed E-state index contributed by atoms with van der Waals surface area (Å²) in [5.41, 5.74) is 7.29. The topological polar surface area (TPSA) is 37.8 Å². The molecule has 2 rings (SSSR count). The summed E-state index contributed by atoms with van der Waals surface area (Å²) >= 11 is 0. The highest BCUT2D eigenvalue weighted by Crippen LogP contribution is 2.30. The fourth-order valence-corrected chi connectivity index (χ4v) is 2.54. The molecule has 0 spiro atoms. The number of hydrogen-bond acceptors (Lipinski definition) is 3. The van der Waals surface area contributed by atoms with Crippen molar-refractivity contribution in [1.29, 1.82) is 0 Å². The van der Waals surface area contributed by atoms with E-state index in [1.54, 1.807) is 0 Å². The van der Waals surface area contributed by atoms with Gasteiger partial charge in [-0.05, 0) is 57.4 Å². The van der Waals surface area contributed by atoms with Crippen LogP contribution in [0.5, 0.6) is 0 Å². The van der Waals surface area contributed by atoms with Gasteiger partial charge in [0.05, 0.1) is 5.69 Å². The van der Waals surface area contributed by atoms with Crippen molar-refractivity contribution in [2.75, 3.05) is 11.9 Å². The Balaban J connectivity index is 2.68. The Kier molecular flexibility index (Phi) is 4.61. The molecular formula is C18H25N3. The number of aromatic nitrogens is 2. The highest BCUT2D eigenvalue weighted by molar-refractivity contribution is 5.72. The Labute approximate surface area is 127 Å². The minimum Gasteiger partial charge on any atom is -0.370 e. The smallest absolute Gasteiger partial charge is 0.133 e. The Morgan fingerprint density at radius 2 is 1.57 bits per heavy atom. The molecule has 0 fully saturated rings. The van der Waals surface area contributed by atoms with Crippen molar-refractivity contribution < 1.29 is 0 Å². The predicted molar refractivity (Wildman–Crippen MR) is 90.0 cm³/mol. The van der Waals surface area contributed by atoms with Crippen molar-refractivity contribution in [2.45, 2.75) is 48.0 Å². The largest absolute Gasteiger partial charge is 0.370 e. The lowest BCUT2D eigenvalue weighted by Crippen LogP contribution is -2.08. The van der Waals surface area contributed by atoms with Gasteiger partial charge in [0.15, 0.2) is 0 Å². The summed E-state index contributed by atoms with van der Waals surface area (Å²) in [6, 6.07) is 4.49. The van der Waals surface area contributed by atoms with Crippen LogP contribution < -0.4 is 5.32 Å². The van der Waals surface area contributed by atoms with Crippen LogP contribution in [0.15, 0.2) is 12.1 Å². The van der Waals surface area contributed by atoms with E-state index in [0.717, 1.165) is 35.9 Å². The lowest BCUT2D eigenvalue weighted by atomic mass is 9.96. The number of anilines is 1. The first-order valence-electron chi connectivity index (χ1n) is 7.67. The van der Waals surface area contributed by atoms with Gasteiger partial charge in [-0.15, -0.1) is 0 Å². The van der Waals surface area contributed by atoms with Gasteiger partial charge in [0, 0.05) is 24.1 Å². The molecule has 3 nitrogen and oxygen atoms in total. The Bertz CT molecular complexity index is 660. The van der Waals surface area contributed by atoms with Crippen LogP contribution in [0.4, 0.5) is 5.82 Å². The Morgan fingerprint density at radius 3 is 2.19 bits per heavy atom. The summed E-state index contributed by atoms with van der Waals surface area (Å²) in [5, 5.41) is 3.36. The molecule has 0 radical (unpaired) electrons. The molecule has 0 saturated heterocycles. The molecule has 1 aromatic carbocycles. The zero-order valence-corrected chi connectivity index (χ0v) is 14.0. The van der Waals surface area contributed by atoms with Crippen molar-refractivity contribution in [3.05, 3.63) is 40.2 Å². The quantitative estimate of drug-likeness (QED) is 0.905. The van der Waals surface area contributed by atoms with Crippen molar-refractivity contribution in [2.24, 2.45) is 0 Å². The molecule has 1 aromatic heterocycles. The van der Waals surface area contributed by atoms with Crippen LogP contribution in [-0.2, 0) is 6.42 Å². The Morgan fingerprint density at radius 1 is 0.905 bits per heavy atom. The lowest BCUT2D eigenvalue weighted by molar-refractivity contribution is 0.929. The highest BCUT2D eigenvalue weighted by atomic mass is 15.0. The van der Waals surface area contributed by atoms with E-state index in [4.69, 9.17) is 4.98 Å². The lowest BCUT2D eigenvalue weighted by Gasteiger charge is -2.16. The molecule has 0 atom stereocenters. The molecule has 112 valence electrons. The maximum absolute atomic E-state index is 4.78. The SMILES string of the molecule is CCNc1nc(CC)nc(-c2cc(C)c(C)cc2C)c1C. The van der Waals surface area contributed by atoms with E-state index >= 15 is 0 Å². The van der Waals surface area contributed by atoms with Crippen molar-refractivity contribution in [3.8, 4) is 11.3 Å². The van der Waals surface area contributed by atoms with Crippen LogP contribution >= 0.6 is 0 Å². The third kappa shape index (κ3) is 3.07. The van der Waals surface area contributed by atoms with Gasteiger partial charge in [-0.3, -0.25) is 0 Å². The second kappa shape index (κ2) is 6.25. The molecule has 3 heteroatoms. The number of aryl methyl sites for hydroxylation is 4. The van der Waals surface area contributed by atoms with Crippen LogP contribution in [0, 0.1) is 27.7 Å². The molecule has 0 aliphatic carbocycles. The van der Waals surface area contributed by atoms with E-state index in [0.29, 0.717) is 0 Å². The molecular weight excluding hydrogens is 258 g/mol. The van der Waals surface area contributed by atoms with E-state index in [9.17, 15) is 0 Å². The fourth-order valence-electron chi connectivity index (χ4n) is 2.54. The van der Waals surface area contributed by atoms with Gasteiger partial charge in [-0.25, -0.2) is 9.97 Å². The average Bonchev–Trinajstić information content (AvgIpc) is 2.45. The molecule has 0 aliphatic rings. The number of nitrogens with zero attached hydrogens (tertiary/aromatic N) is 2. The second-order valence-corrected chi connectivity index (χ2v) is 5.60. The van der Waals surface area contributed by atoms with Gasteiger partial charge in [0.1, 0.15) is 11.6 Å². The molecule has 0 unspecified atom stereocenters. The summed E-state index contributed by atoms with van der Waals surface area (Å²) in [6.07, 6.45) is 0.843. The van der Waals surface area contributed by atoms with Gasteiger partial charge in [0.25, 0.3) is 0 Å². The average molecular weight is 283 g/mol. The van der Waals surface area contributed by atoms with E-state index in [-0.39, 0.29) is 0 Å². The Hall–Kier alpha value is -1.90. The number of nitrogens with one attached hydrogen (secondary N) is 1. The normalized spacial score (nSPS) is 10.8. The van der Waals surface area contributed by atoms with Crippen LogP contribution in [0.1, 0.15) is 41.9 Å². The van der Waals surface area contributed by atoms with Crippen LogP contribution in [-0.4, -0.2) is 16.5 Å². The maximum atomic E-state index is 4.78. The third-order valence-corrected chi connectivity index (χ3v) is 3.95. The summed E-state index contributed by atoms with van der Waals surface area (Å²) in [6.45, 7) is 13.6. The molecule has 1 N–H and O–H groups in total. The molecule has 2 aromatic rings. The first kappa shape index (κ1) is 15.5. The predicted octanol–water partition coefficient (Wildman–Crippen LogP) is 4.37. The van der Waals surface area contributed by atoms with Crippen LogP contribution in [0.2, 0.25) is 0 Å². The van der Waals surface area contributed by atoms with Gasteiger partial charge >= 0.3 is 0 Å². The standard InChI is InChI=1S/C18H25N3/c1-7-16-20-17(14(6)18(21-16)19-8-2)15-10-12(4)11(3)9-13(15)5/h9-10H,7-8H2,1-6H3,(H,19,20,21). The first-order valence-corrected chi connectivity index (χ1v) is 7.67. The monoisotopic (exact) mass is 283 g/mol. The summed E-state index contributed by atoms with van der Waals surface area (Å²) in [5.74, 6) is 1.85. The van der Waals surface area contributed by atoms with Gasteiger partial charge < -0.3 is 5.32 Å². The van der Waals surface area contributed by atoms with E-state index < -0.39 is 0 Å². The molecule has 1 heterocycles. The number of rotatable bonds is 4. The van der Waals surface area contributed by atoms with Crippen molar-refractivity contribution >= 4 is 5.82 Å². The summed E-state index contributed by atoms with van der Waals surface area (Å²) in [7, 11) is 0. The minimum absolute atomic E-state index is 0.843. The molecule has 0 bridgehead atoms. The van der Waals surface area contributed by atoms with Crippen molar-refractivity contribution in [3.63, 3.8) is 0 Å². The van der Waals surface area contributed by atoms with Crippen molar-refractivity contribution in [1.82, 2.24) is 9.97 Å². The third-order valence-electron chi connectivity index (χ3n) is 3.95. The molecule has 0 saturated carbocycles. The summed E-state index contributed by atoms with van der Waals surface area (Å²) < 4.78 is 0. The molecule has 0 aliphatic heterocycles. The molecule has 0 amide bonds. The zero-order valence-electron chi connectivity index (χ0n) is 14.0. The van der Waals surface area contributed by atoms with Crippen LogP contribution in [0.3, 0.4) is 0 Å². The highest BCUT2D eigenvalue weighted by Gasteiger charge is 2.14. The van der Waals surface area contributed by atoms with Gasteiger partial charge in [-0.2, -0.15) is 0 Å². The zero-order chi connectivity index (χ0) is 15.6. The molecule has 21 heavy (non-hydrogen) atoms. The van der Waals surface area contributed by atoms with Crippen LogP contribution in [0.25, 0.3) is 11.3 Å². The van der Waals surface area contributed by atoms with E-state index in [1.807, 2.05) is 0 Å². The van der Waals surface area contributed by atoms with Gasteiger partial charge in [0.2, 0.25) is 0 Å². The number of hydrogen-bond donors (Lipinski definition) is 1. The maximum Gasteiger partial charge on any atom is 0.133 e. The fraction of sp³-hybridized carbons (Fsp3) is 0.444. The summed E-state index contributed by atoms with van der Waals surface area (Å²) in [4.78, 5) is 9.40. The minimum atomic E-state index is 0.843. The van der Waals surface area contributed by atoms with E-state index in [1.165, 1.54) is 22.3 Å². The first-order chi connectivity index (χ1) is 9.97. The number of benzene rings is 1. The second-order valence-electron chi connectivity index (χ2n) is 5.60. The van der Waals surface area contributed by atoms with Gasteiger partial charge in [-0.1, -0.05) is 13.0 Å². The van der Waals surface area contributed by atoms with E-state index in [2.05, 4.69) is 64.0 Å².